The maximum absolute atomic E-state index is 14.2. The molecule has 1 unspecified atom stereocenters. The van der Waals surface area contributed by atoms with Crippen molar-refractivity contribution in [1.82, 2.24) is 9.21 Å². The third kappa shape index (κ3) is 4.33. The van der Waals surface area contributed by atoms with Gasteiger partial charge in [-0.15, -0.1) is 0 Å². The van der Waals surface area contributed by atoms with Gasteiger partial charge >= 0.3 is 0 Å². The van der Waals surface area contributed by atoms with Gasteiger partial charge in [0.2, 0.25) is 10.0 Å². The molecule has 1 saturated heterocycles. The van der Waals surface area contributed by atoms with Crippen LogP contribution in [0.3, 0.4) is 0 Å². The van der Waals surface area contributed by atoms with Gasteiger partial charge in [-0.25, -0.2) is 17.2 Å². The van der Waals surface area contributed by atoms with Crippen LogP contribution in [0.25, 0.3) is 0 Å². The second-order valence-electron chi connectivity index (χ2n) is 7.82. The summed E-state index contributed by atoms with van der Waals surface area (Å²) in [7, 11) is -4.14. The fraction of sp³-hybridized carbons (Fsp3) is 0.429. The molecule has 1 fully saturated rings. The second kappa shape index (κ2) is 8.30. The molecule has 2 aromatic rings. The van der Waals surface area contributed by atoms with Gasteiger partial charge in [0, 0.05) is 37.7 Å². The molecule has 0 radical (unpaired) electrons. The van der Waals surface area contributed by atoms with Gasteiger partial charge in [0.05, 0.1) is 0 Å². The standard InChI is InChI=1S/C21H23ClF2N2O2S/c22-18-10-19(23)21(24)20(11-18)29(27,28)26-8-3-4-15(13-26)12-25-9-7-16-5-1-2-6-17(16)14-25/h1-2,5-6,10-11,15H,3-4,7-9,12-14H2. The maximum atomic E-state index is 14.2. The van der Waals surface area contributed by atoms with Crippen LogP contribution in [0.4, 0.5) is 8.78 Å². The fourth-order valence-corrected chi connectivity index (χ4v) is 6.25. The van der Waals surface area contributed by atoms with E-state index >= 15 is 0 Å². The summed E-state index contributed by atoms with van der Waals surface area (Å²) in [6.45, 7) is 3.18. The Morgan fingerprint density at radius 2 is 1.86 bits per heavy atom. The third-order valence-electron chi connectivity index (χ3n) is 5.79. The maximum Gasteiger partial charge on any atom is 0.246 e. The van der Waals surface area contributed by atoms with Crippen molar-refractivity contribution in [2.24, 2.45) is 5.92 Å². The number of hydrogen-bond donors (Lipinski definition) is 0. The van der Waals surface area contributed by atoms with Crippen LogP contribution in [0.2, 0.25) is 5.02 Å². The van der Waals surface area contributed by atoms with E-state index in [1.807, 2.05) is 6.07 Å². The molecule has 0 aromatic heterocycles. The highest BCUT2D eigenvalue weighted by molar-refractivity contribution is 7.89. The Morgan fingerprint density at radius 1 is 1.10 bits per heavy atom. The molecule has 29 heavy (non-hydrogen) atoms. The molecule has 0 amide bonds. The zero-order valence-corrected chi connectivity index (χ0v) is 17.5. The Bertz CT molecular complexity index is 1020. The number of rotatable bonds is 4. The lowest BCUT2D eigenvalue weighted by Gasteiger charge is -2.36. The number of benzene rings is 2. The lowest BCUT2D eigenvalue weighted by Crippen LogP contribution is -2.44. The highest BCUT2D eigenvalue weighted by Crippen LogP contribution is 2.29. The van der Waals surface area contributed by atoms with Gasteiger partial charge in [0.25, 0.3) is 0 Å². The van der Waals surface area contributed by atoms with Crippen LogP contribution < -0.4 is 0 Å². The van der Waals surface area contributed by atoms with Gasteiger partial charge < -0.3 is 0 Å². The van der Waals surface area contributed by atoms with E-state index < -0.39 is 26.6 Å². The fourth-order valence-electron chi connectivity index (χ4n) is 4.33. The predicted octanol–water partition coefficient (Wildman–Crippen LogP) is 4.08. The van der Waals surface area contributed by atoms with E-state index in [0.717, 1.165) is 44.6 Å². The number of halogens is 3. The molecule has 2 aromatic carbocycles. The van der Waals surface area contributed by atoms with Crippen LogP contribution in [-0.4, -0.2) is 43.8 Å². The van der Waals surface area contributed by atoms with E-state index in [1.54, 1.807) is 0 Å². The van der Waals surface area contributed by atoms with Crippen molar-refractivity contribution in [3.63, 3.8) is 0 Å². The summed E-state index contributed by atoms with van der Waals surface area (Å²) in [5.74, 6) is -2.48. The molecule has 0 N–H and O–H groups in total. The van der Waals surface area contributed by atoms with E-state index in [2.05, 4.69) is 23.1 Å². The summed E-state index contributed by atoms with van der Waals surface area (Å²) in [4.78, 5) is 1.66. The zero-order valence-electron chi connectivity index (χ0n) is 16.0. The van der Waals surface area contributed by atoms with Crippen molar-refractivity contribution in [3.8, 4) is 0 Å². The minimum atomic E-state index is -4.14. The molecule has 2 aliphatic heterocycles. The summed E-state index contributed by atoms with van der Waals surface area (Å²) in [6, 6.07) is 10.1. The lowest BCUT2D eigenvalue weighted by atomic mass is 9.95. The quantitative estimate of drug-likeness (QED) is 0.673. The SMILES string of the molecule is O=S(=O)(c1cc(Cl)cc(F)c1F)N1CCCC(CN2CCc3ccccc3C2)C1. The number of piperidine rings is 1. The van der Waals surface area contributed by atoms with Gasteiger partial charge in [-0.2, -0.15) is 4.31 Å². The monoisotopic (exact) mass is 440 g/mol. The largest absolute Gasteiger partial charge is 0.298 e. The lowest BCUT2D eigenvalue weighted by molar-refractivity contribution is 0.167. The number of sulfonamides is 1. The number of hydrogen-bond acceptors (Lipinski definition) is 3. The molecule has 1 atom stereocenters. The Kier molecular flexibility index (Phi) is 5.93. The van der Waals surface area contributed by atoms with E-state index in [1.165, 1.54) is 15.4 Å². The highest BCUT2D eigenvalue weighted by Gasteiger charge is 2.34. The molecule has 156 valence electrons. The first kappa shape index (κ1) is 20.7. The molecular weight excluding hydrogens is 418 g/mol. The molecule has 2 aliphatic rings. The van der Waals surface area contributed by atoms with E-state index in [-0.39, 0.29) is 10.9 Å². The minimum absolute atomic E-state index is 0.136. The second-order valence-corrected chi connectivity index (χ2v) is 10.2. The first-order valence-electron chi connectivity index (χ1n) is 9.78. The van der Waals surface area contributed by atoms with Crippen LogP contribution in [0.1, 0.15) is 24.0 Å². The summed E-state index contributed by atoms with van der Waals surface area (Å²) >= 11 is 5.77. The topological polar surface area (TPSA) is 40.6 Å². The minimum Gasteiger partial charge on any atom is -0.298 e. The zero-order chi connectivity index (χ0) is 20.6. The normalized spacial score (nSPS) is 21.1. The molecule has 4 rings (SSSR count). The molecular formula is C21H23ClF2N2O2S. The van der Waals surface area contributed by atoms with Crippen LogP contribution >= 0.6 is 11.6 Å². The summed E-state index contributed by atoms with van der Waals surface area (Å²) in [5.41, 5.74) is 2.69. The average molecular weight is 441 g/mol. The average Bonchev–Trinajstić information content (AvgIpc) is 2.70. The smallest absolute Gasteiger partial charge is 0.246 e. The molecule has 2 heterocycles. The van der Waals surface area contributed by atoms with Gasteiger partial charge in [0.15, 0.2) is 11.6 Å². The first-order valence-corrected chi connectivity index (χ1v) is 11.6. The first-order chi connectivity index (χ1) is 13.8. The van der Waals surface area contributed by atoms with Crippen molar-refractivity contribution in [1.29, 1.82) is 0 Å². The predicted molar refractivity (Wildman–Crippen MR) is 108 cm³/mol. The van der Waals surface area contributed by atoms with Crippen LogP contribution in [0.15, 0.2) is 41.3 Å². The number of fused-ring (bicyclic) bond motifs is 1. The van der Waals surface area contributed by atoms with Crippen molar-refractivity contribution < 1.29 is 17.2 Å². The van der Waals surface area contributed by atoms with Gasteiger partial charge in [-0.1, -0.05) is 35.9 Å². The molecule has 8 heteroatoms. The van der Waals surface area contributed by atoms with Gasteiger partial charge in [-0.3, -0.25) is 4.90 Å². The third-order valence-corrected chi connectivity index (χ3v) is 7.87. The number of nitrogens with zero attached hydrogens (tertiary/aromatic N) is 2. The van der Waals surface area contributed by atoms with Crippen molar-refractivity contribution >= 4 is 21.6 Å². The Balaban J connectivity index is 1.47. The molecule has 4 nitrogen and oxygen atoms in total. The molecule has 0 saturated carbocycles. The van der Waals surface area contributed by atoms with Crippen LogP contribution in [0, 0.1) is 17.6 Å². The van der Waals surface area contributed by atoms with E-state index in [4.69, 9.17) is 11.6 Å². The summed E-state index contributed by atoms with van der Waals surface area (Å²) < 4.78 is 55.1. The van der Waals surface area contributed by atoms with E-state index in [9.17, 15) is 17.2 Å². The van der Waals surface area contributed by atoms with E-state index in [0.29, 0.717) is 19.5 Å². The van der Waals surface area contributed by atoms with Gasteiger partial charge in [-0.05, 0) is 48.4 Å². The van der Waals surface area contributed by atoms with Crippen molar-refractivity contribution in [2.75, 3.05) is 26.2 Å². The van der Waals surface area contributed by atoms with Crippen molar-refractivity contribution in [2.45, 2.75) is 30.7 Å². The Hall–Kier alpha value is -1.54. The summed E-state index contributed by atoms with van der Waals surface area (Å²) in [6.07, 6.45) is 2.59. The van der Waals surface area contributed by atoms with Gasteiger partial charge in [0.1, 0.15) is 4.90 Å². The van der Waals surface area contributed by atoms with Crippen LogP contribution in [0.5, 0.6) is 0 Å². The Morgan fingerprint density at radius 3 is 2.66 bits per heavy atom. The Labute approximate surface area is 175 Å². The molecule has 0 spiro atoms. The molecule has 0 aliphatic carbocycles. The van der Waals surface area contributed by atoms with Crippen molar-refractivity contribution in [3.05, 3.63) is 64.2 Å². The highest BCUT2D eigenvalue weighted by atomic mass is 35.5. The summed E-state index contributed by atoms with van der Waals surface area (Å²) in [5, 5.41) is -0.136. The molecule has 0 bridgehead atoms. The van der Waals surface area contributed by atoms with Crippen LogP contribution in [-0.2, 0) is 23.0 Å².